The number of hydrogen-bond donors (Lipinski definition) is 2. The average Bonchev–Trinajstić information content (AvgIpc) is 2.63. The second-order valence-corrected chi connectivity index (χ2v) is 6.21. The number of nitrogens with one attached hydrogen (secondary N) is 2. The maximum absolute atomic E-state index is 13.8. The summed E-state index contributed by atoms with van der Waals surface area (Å²) in [6.45, 7) is 7.54. The van der Waals surface area contributed by atoms with Crippen LogP contribution in [0.15, 0.2) is 23.2 Å². The predicted molar refractivity (Wildman–Crippen MR) is 78.8 cm³/mol. The maximum atomic E-state index is 13.8. The first-order valence-corrected chi connectivity index (χ1v) is 6.69. The minimum absolute atomic E-state index is 0.137. The van der Waals surface area contributed by atoms with Gasteiger partial charge < -0.3 is 10.1 Å². The van der Waals surface area contributed by atoms with Crippen LogP contribution in [0.2, 0.25) is 0 Å². The number of ether oxygens (including phenoxy) is 1. The summed E-state index contributed by atoms with van der Waals surface area (Å²) in [4.78, 5) is 16.6. The Morgan fingerprint density at radius 2 is 2.05 bits per heavy atom. The number of amides is 1. The molecule has 5 nitrogen and oxygen atoms in total. The van der Waals surface area contributed by atoms with Gasteiger partial charge in [-0.05, 0) is 45.4 Å². The average molecular weight is 293 g/mol. The molecule has 1 atom stereocenters. The second-order valence-electron chi connectivity index (χ2n) is 6.21. The van der Waals surface area contributed by atoms with E-state index in [1.165, 1.54) is 19.2 Å². The summed E-state index contributed by atoms with van der Waals surface area (Å²) in [7, 11) is 1.39. The van der Waals surface area contributed by atoms with Gasteiger partial charge in [-0.2, -0.15) is 0 Å². The van der Waals surface area contributed by atoms with E-state index in [1.54, 1.807) is 13.0 Å². The third kappa shape index (κ3) is 2.99. The SMILES string of the molecule is COc1ccc(C2(C)N=C(NC(C)(C)C)NC2=O)cc1F. The fourth-order valence-corrected chi connectivity index (χ4v) is 2.11. The van der Waals surface area contributed by atoms with Gasteiger partial charge in [-0.25, -0.2) is 9.38 Å². The first-order chi connectivity index (χ1) is 9.65. The highest BCUT2D eigenvalue weighted by Crippen LogP contribution is 2.31. The van der Waals surface area contributed by atoms with Crippen molar-refractivity contribution in [1.29, 1.82) is 0 Å². The van der Waals surface area contributed by atoms with Gasteiger partial charge in [0.2, 0.25) is 0 Å². The summed E-state index contributed by atoms with van der Waals surface area (Å²) in [5, 5.41) is 5.80. The fourth-order valence-electron chi connectivity index (χ4n) is 2.11. The molecule has 0 fully saturated rings. The normalized spacial score (nSPS) is 21.8. The van der Waals surface area contributed by atoms with Crippen molar-refractivity contribution in [3.8, 4) is 5.75 Å². The van der Waals surface area contributed by atoms with Crippen LogP contribution in [-0.2, 0) is 10.3 Å². The minimum atomic E-state index is -1.15. The molecule has 114 valence electrons. The molecule has 21 heavy (non-hydrogen) atoms. The molecule has 1 aliphatic heterocycles. The van der Waals surface area contributed by atoms with Crippen molar-refractivity contribution in [2.75, 3.05) is 7.11 Å². The molecule has 1 unspecified atom stereocenters. The van der Waals surface area contributed by atoms with Crippen LogP contribution < -0.4 is 15.4 Å². The van der Waals surface area contributed by atoms with Crippen molar-refractivity contribution in [1.82, 2.24) is 10.6 Å². The van der Waals surface area contributed by atoms with Gasteiger partial charge >= 0.3 is 0 Å². The van der Waals surface area contributed by atoms with E-state index in [9.17, 15) is 9.18 Å². The lowest BCUT2D eigenvalue weighted by molar-refractivity contribution is -0.123. The Bertz CT molecular complexity index is 607. The molecule has 1 amide bonds. The smallest absolute Gasteiger partial charge is 0.259 e. The number of methoxy groups -OCH3 is 1. The number of halogens is 1. The zero-order chi connectivity index (χ0) is 15.8. The number of benzene rings is 1. The van der Waals surface area contributed by atoms with Gasteiger partial charge in [0.1, 0.15) is 0 Å². The lowest BCUT2D eigenvalue weighted by Gasteiger charge is -2.21. The molecule has 2 rings (SSSR count). The lowest BCUT2D eigenvalue weighted by Crippen LogP contribution is -2.47. The molecule has 2 N–H and O–H groups in total. The number of guanidine groups is 1. The topological polar surface area (TPSA) is 62.7 Å². The second kappa shape index (κ2) is 5.02. The number of aliphatic imine (C=N–C) groups is 1. The fraction of sp³-hybridized carbons (Fsp3) is 0.467. The Morgan fingerprint density at radius 1 is 1.38 bits per heavy atom. The Kier molecular flexibility index (Phi) is 3.65. The zero-order valence-electron chi connectivity index (χ0n) is 12.9. The van der Waals surface area contributed by atoms with Crippen LogP contribution >= 0.6 is 0 Å². The number of hydrogen-bond acceptors (Lipinski definition) is 4. The number of rotatable bonds is 2. The van der Waals surface area contributed by atoms with E-state index in [0.717, 1.165) is 0 Å². The molecule has 6 heteroatoms. The molecular weight excluding hydrogens is 273 g/mol. The predicted octanol–water partition coefficient (Wildman–Crippen LogP) is 1.92. The molecule has 1 aromatic carbocycles. The summed E-state index contributed by atoms with van der Waals surface area (Å²) < 4.78 is 18.7. The first kappa shape index (κ1) is 15.3. The van der Waals surface area contributed by atoms with E-state index >= 15 is 0 Å². The molecule has 0 saturated heterocycles. The standard InChI is InChI=1S/C15H20FN3O2/c1-14(2,3)18-13-17-12(20)15(4,19-13)9-6-7-11(21-5)10(16)8-9/h6-8H,1-5H3,(H2,17,18,19,20). The van der Waals surface area contributed by atoms with Crippen molar-refractivity contribution in [3.63, 3.8) is 0 Å². The summed E-state index contributed by atoms with van der Waals surface area (Å²) in [6, 6.07) is 4.42. The van der Waals surface area contributed by atoms with Gasteiger partial charge in [0, 0.05) is 5.54 Å². The number of carbonyl (C=O) groups excluding carboxylic acids is 1. The van der Waals surface area contributed by atoms with Crippen molar-refractivity contribution in [2.24, 2.45) is 4.99 Å². The van der Waals surface area contributed by atoms with Crippen molar-refractivity contribution in [3.05, 3.63) is 29.6 Å². The lowest BCUT2D eigenvalue weighted by atomic mass is 9.92. The van der Waals surface area contributed by atoms with Gasteiger partial charge in [0.15, 0.2) is 23.1 Å². The molecule has 1 aromatic rings. The molecule has 0 aliphatic carbocycles. The quantitative estimate of drug-likeness (QED) is 0.875. The summed E-state index contributed by atoms with van der Waals surface area (Å²) in [5.74, 6) is -0.278. The van der Waals surface area contributed by atoms with E-state index in [4.69, 9.17) is 4.74 Å². The van der Waals surface area contributed by atoms with Crippen LogP contribution in [0.1, 0.15) is 33.3 Å². The molecule has 1 heterocycles. The highest BCUT2D eigenvalue weighted by Gasteiger charge is 2.41. The first-order valence-electron chi connectivity index (χ1n) is 6.69. The molecule has 1 aliphatic rings. The highest BCUT2D eigenvalue weighted by molar-refractivity contribution is 6.07. The molecule has 0 spiro atoms. The molecule has 0 saturated carbocycles. The van der Waals surface area contributed by atoms with Crippen LogP contribution in [0.3, 0.4) is 0 Å². The van der Waals surface area contributed by atoms with Gasteiger partial charge in [0.25, 0.3) is 5.91 Å². The van der Waals surface area contributed by atoms with Crippen LogP contribution in [0, 0.1) is 5.82 Å². The highest BCUT2D eigenvalue weighted by atomic mass is 19.1. The number of carbonyl (C=O) groups is 1. The summed E-state index contributed by atoms with van der Waals surface area (Å²) in [5.41, 5.74) is -0.910. The Balaban J connectivity index is 2.37. The van der Waals surface area contributed by atoms with Gasteiger partial charge in [-0.15, -0.1) is 0 Å². The molecular formula is C15H20FN3O2. The van der Waals surface area contributed by atoms with E-state index in [1.807, 2.05) is 20.8 Å². The Morgan fingerprint density at radius 3 is 2.57 bits per heavy atom. The van der Waals surface area contributed by atoms with Crippen LogP contribution in [-0.4, -0.2) is 24.5 Å². The molecule has 0 bridgehead atoms. The number of nitrogens with zero attached hydrogens (tertiary/aromatic N) is 1. The van der Waals surface area contributed by atoms with E-state index in [-0.39, 0.29) is 17.2 Å². The van der Waals surface area contributed by atoms with E-state index in [0.29, 0.717) is 11.5 Å². The minimum Gasteiger partial charge on any atom is -0.494 e. The monoisotopic (exact) mass is 293 g/mol. The Labute approximate surface area is 123 Å². The van der Waals surface area contributed by atoms with Gasteiger partial charge in [0.05, 0.1) is 7.11 Å². The van der Waals surface area contributed by atoms with E-state index in [2.05, 4.69) is 15.6 Å². The van der Waals surface area contributed by atoms with Crippen LogP contribution in [0.4, 0.5) is 4.39 Å². The molecule has 0 radical (unpaired) electrons. The third-order valence-corrected chi connectivity index (χ3v) is 3.22. The summed E-state index contributed by atoms with van der Waals surface area (Å²) in [6.07, 6.45) is 0. The van der Waals surface area contributed by atoms with Crippen molar-refractivity contribution < 1.29 is 13.9 Å². The molecule has 0 aromatic heterocycles. The largest absolute Gasteiger partial charge is 0.494 e. The van der Waals surface area contributed by atoms with Crippen LogP contribution in [0.25, 0.3) is 0 Å². The zero-order valence-corrected chi connectivity index (χ0v) is 12.9. The maximum Gasteiger partial charge on any atom is 0.259 e. The van der Waals surface area contributed by atoms with Crippen molar-refractivity contribution in [2.45, 2.75) is 38.8 Å². The van der Waals surface area contributed by atoms with Crippen LogP contribution in [0.5, 0.6) is 5.75 Å². The third-order valence-electron chi connectivity index (χ3n) is 3.22. The van der Waals surface area contributed by atoms with Gasteiger partial charge in [-0.1, -0.05) is 6.07 Å². The van der Waals surface area contributed by atoms with E-state index < -0.39 is 11.4 Å². The Hall–Kier alpha value is -2.11. The summed E-state index contributed by atoms with van der Waals surface area (Å²) >= 11 is 0. The van der Waals surface area contributed by atoms with Gasteiger partial charge in [-0.3, -0.25) is 10.1 Å². The van der Waals surface area contributed by atoms with Crippen molar-refractivity contribution >= 4 is 11.9 Å².